The van der Waals surface area contributed by atoms with Crippen LogP contribution in [-0.4, -0.2) is 14.9 Å². The third-order valence-corrected chi connectivity index (χ3v) is 9.54. The maximum atomic E-state index is 6.21. The van der Waals surface area contributed by atoms with E-state index in [0.717, 1.165) is 24.4 Å². The second-order valence-electron chi connectivity index (χ2n) is 5.57. The normalized spacial score (nSPS) is 32.6. The summed E-state index contributed by atoms with van der Waals surface area (Å²) in [4.78, 5) is 0. The molecule has 0 saturated heterocycles. The third kappa shape index (κ3) is 2.28. The summed E-state index contributed by atoms with van der Waals surface area (Å²) in [7, 11) is -1.38. The Morgan fingerprint density at radius 3 is 2.31 bits per heavy atom. The van der Waals surface area contributed by atoms with E-state index >= 15 is 0 Å². The average molecular weight is 238 g/mol. The Balaban J connectivity index is 1.98. The molecule has 2 aliphatic carbocycles. The standard InChI is InChI=1S/C14H26OSi/c1-4-15-16(5-2,6-3)11-14-10-12-7-8-13(14)9-12/h7-8,12-14H,4-6,9-11H2,1-3H3. The van der Waals surface area contributed by atoms with Gasteiger partial charge in [0.15, 0.2) is 8.32 Å². The lowest BCUT2D eigenvalue weighted by molar-refractivity contribution is 0.307. The van der Waals surface area contributed by atoms with E-state index in [0.29, 0.717) is 0 Å². The zero-order chi connectivity index (χ0) is 11.6. The quantitative estimate of drug-likeness (QED) is 0.497. The molecular weight excluding hydrogens is 212 g/mol. The Morgan fingerprint density at radius 1 is 1.12 bits per heavy atom. The summed E-state index contributed by atoms with van der Waals surface area (Å²) in [6, 6.07) is 4.02. The Morgan fingerprint density at radius 2 is 1.88 bits per heavy atom. The fraction of sp³-hybridized carbons (Fsp3) is 0.857. The molecule has 2 aliphatic rings. The van der Waals surface area contributed by atoms with Crippen LogP contribution < -0.4 is 0 Å². The highest BCUT2D eigenvalue weighted by Gasteiger charge is 2.42. The smallest absolute Gasteiger partial charge is 0.192 e. The number of rotatable bonds is 6. The first-order valence-electron chi connectivity index (χ1n) is 7.05. The maximum Gasteiger partial charge on any atom is 0.192 e. The van der Waals surface area contributed by atoms with Crippen molar-refractivity contribution in [1.29, 1.82) is 0 Å². The zero-order valence-corrected chi connectivity index (χ0v) is 12.0. The van der Waals surface area contributed by atoms with Gasteiger partial charge in [-0.15, -0.1) is 0 Å². The van der Waals surface area contributed by atoms with Crippen molar-refractivity contribution >= 4 is 8.32 Å². The van der Waals surface area contributed by atoms with Gasteiger partial charge in [0.25, 0.3) is 0 Å². The molecule has 3 unspecified atom stereocenters. The van der Waals surface area contributed by atoms with Gasteiger partial charge in [0.1, 0.15) is 0 Å². The van der Waals surface area contributed by atoms with E-state index in [1.807, 2.05) is 0 Å². The molecule has 0 amide bonds. The zero-order valence-electron chi connectivity index (χ0n) is 11.0. The van der Waals surface area contributed by atoms with Crippen LogP contribution in [0, 0.1) is 17.8 Å². The van der Waals surface area contributed by atoms with Crippen LogP contribution in [0.5, 0.6) is 0 Å². The third-order valence-electron chi connectivity index (χ3n) is 4.79. The molecule has 0 N–H and O–H groups in total. The van der Waals surface area contributed by atoms with Crippen molar-refractivity contribution in [2.75, 3.05) is 6.61 Å². The fourth-order valence-electron chi connectivity index (χ4n) is 3.72. The first-order valence-corrected chi connectivity index (χ1v) is 9.58. The van der Waals surface area contributed by atoms with Gasteiger partial charge in [-0.3, -0.25) is 0 Å². The second-order valence-corrected chi connectivity index (χ2v) is 10.0. The SMILES string of the molecule is CCO[Si](CC)(CC)CC1CC2C=CC1C2. The van der Waals surface area contributed by atoms with E-state index in [9.17, 15) is 0 Å². The molecule has 0 radical (unpaired) electrons. The second kappa shape index (κ2) is 5.05. The molecule has 2 bridgehead atoms. The molecule has 0 aliphatic heterocycles. The van der Waals surface area contributed by atoms with E-state index < -0.39 is 8.32 Å². The van der Waals surface area contributed by atoms with E-state index in [1.165, 1.54) is 31.0 Å². The van der Waals surface area contributed by atoms with Crippen LogP contribution in [0.3, 0.4) is 0 Å². The number of hydrogen-bond acceptors (Lipinski definition) is 1. The maximum absolute atomic E-state index is 6.21. The molecule has 0 aromatic rings. The van der Waals surface area contributed by atoms with E-state index in [-0.39, 0.29) is 0 Å². The van der Waals surface area contributed by atoms with Crippen molar-refractivity contribution in [2.45, 2.75) is 51.7 Å². The molecule has 0 aromatic heterocycles. The molecule has 2 heteroatoms. The Hall–Kier alpha value is -0.0831. The number of hydrogen-bond donors (Lipinski definition) is 0. The van der Waals surface area contributed by atoms with Crippen molar-refractivity contribution in [1.82, 2.24) is 0 Å². The van der Waals surface area contributed by atoms with Crippen molar-refractivity contribution in [3.05, 3.63) is 12.2 Å². The van der Waals surface area contributed by atoms with Crippen molar-refractivity contribution in [2.24, 2.45) is 17.8 Å². The van der Waals surface area contributed by atoms with Gasteiger partial charge in [0.05, 0.1) is 0 Å². The Kier molecular flexibility index (Phi) is 3.91. The van der Waals surface area contributed by atoms with Gasteiger partial charge < -0.3 is 4.43 Å². The van der Waals surface area contributed by atoms with E-state index in [2.05, 4.69) is 32.9 Å². The minimum Gasteiger partial charge on any atom is -0.417 e. The predicted molar refractivity (Wildman–Crippen MR) is 72.0 cm³/mol. The van der Waals surface area contributed by atoms with Crippen molar-refractivity contribution in [3.8, 4) is 0 Å². The molecular formula is C14H26OSi. The minimum absolute atomic E-state index is 0.899. The van der Waals surface area contributed by atoms with E-state index in [1.54, 1.807) is 0 Å². The van der Waals surface area contributed by atoms with Gasteiger partial charge in [0.2, 0.25) is 0 Å². The molecule has 1 nitrogen and oxygen atoms in total. The van der Waals surface area contributed by atoms with Crippen LogP contribution >= 0.6 is 0 Å². The van der Waals surface area contributed by atoms with Gasteiger partial charge in [-0.1, -0.05) is 26.0 Å². The lowest BCUT2D eigenvalue weighted by Crippen LogP contribution is -2.39. The molecule has 1 saturated carbocycles. The summed E-state index contributed by atoms with van der Waals surface area (Å²) in [5, 5.41) is 0. The predicted octanol–water partition coefficient (Wildman–Crippen LogP) is 4.22. The van der Waals surface area contributed by atoms with E-state index in [4.69, 9.17) is 4.43 Å². The minimum atomic E-state index is -1.38. The van der Waals surface area contributed by atoms with Gasteiger partial charge in [-0.05, 0) is 55.7 Å². The molecule has 2 rings (SSSR count). The summed E-state index contributed by atoms with van der Waals surface area (Å²) in [5.74, 6) is 2.76. The van der Waals surface area contributed by atoms with Crippen LogP contribution in [0.15, 0.2) is 12.2 Å². The lowest BCUT2D eigenvalue weighted by Gasteiger charge is -2.33. The Labute approximate surface area is 101 Å². The highest BCUT2D eigenvalue weighted by molar-refractivity contribution is 6.73. The van der Waals surface area contributed by atoms with Gasteiger partial charge in [0, 0.05) is 6.61 Å². The molecule has 1 fully saturated rings. The summed E-state index contributed by atoms with van der Waals surface area (Å²) in [5.41, 5.74) is 0. The number of allylic oxidation sites excluding steroid dienone is 2. The van der Waals surface area contributed by atoms with Gasteiger partial charge in [-0.2, -0.15) is 0 Å². The summed E-state index contributed by atoms with van der Waals surface area (Å²) in [6.07, 6.45) is 7.82. The topological polar surface area (TPSA) is 9.23 Å². The highest BCUT2D eigenvalue weighted by atomic mass is 28.4. The van der Waals surface area contributed by atoms with Gasteiger partial charge >= 0.3 is 0 Å². The lowest BCUT2D eigenvalue weighted by atomic mass is 9.96. The first-order chi connectivity index (χ1) is 7.73. The van der Waals surface area contributed by atoms with Crippen molar-refractivity contribution < 1.29 is 4.43 Å². The van der Waals surface area contributed by atoms with Crippen LogP contribution in [0.2, 0.25) is 18.1 Å². The first kappa shape index (κ1) is 12.4. The van der Waals surface area contributed by atoms with Crippen LogP contribution in [0.4, 0.5) is 0 Å². The monoisotopic (exact) mass is 238 g/mol. The molecule has 3 atom stereocenters. The molecule has 0 spiro atoms. The molecule has 0 heterocycles. The van der Waals surface area contributed by atoms with Crippen LogP contribution in [-0.2, 0) is 4.43 Å². The largest absolute Gasteiger partial charge is 0.417 e. The average Bonchev–Trinajstić information content (AvgIpc) is 2.90. The van der Waals surface area contributed by atoms with Crippen LogP contribution in [0.25, 0.3) is 0 Å². The van der Waals surface area contributed by atoms with Gasteiger partial charge in [-0.25, -0.2) is 0 Å². The fourth-order valence-corrected chi connectivity index (χ4v) is 7.36. The Bertz CT molecular complexity index is 257. The number of fused-ring (bicyclic) bond motifs is 2. The molecule has 16 heavy (non-hydrogen) atoms. The highest BCUT2D eigenvalue weighted by Crippen LogP contribution is 2.47. The van der Waals surface area contributed by atoms with Crippen molar-refractivity contribution in [3.63, 3.8) is 0 Å². The summed E-state index contributed by atoms with van der Waals surface area (Å²) < 4.78 is 6.21. The molecule has 0 aromatic carbocycles. The van der Waals surface area contributed by atoms with Crippen LogP contribution in [0.1, 0.15) is 33.6 Å². The summed E-state index contributed by atoms with van der Waals surface area (Å²) in [6.45, 7) is 7.77. The molecule has 92 valence electrons. The summed E-state index contributed by atoms with van der Waals surface area (Å²) >= 11 is 0.